The first kappa shape index (κ1) is 19.2. The van der Waals surface area contributed by atoms with Gasteiger partial charge in [-0.2, -0.15) is 4.31 Å². The van der Waals surface area contributed by atoms with Crippen LogP contribution in [0.4, 0.5) is 8.78 Å². The second-order valence-electron chi connectivity index (χ2n) is 6.95. The maximum Gasteiger partial charge on any atom is 0.243 e. The Kier molecular flexibility index (Phi) is 5.59. The van der Waals surface area contributed by atoms with E-state index < -0.39 is 21.7 Å². The molecule has 0 radical (unpaired) electrons. The van der Waals surface area contributed by atoms with E-state index in [-0.39, 0.29) is 36.5 Å². The highest BCUT2D eigenvalue weighted by Gasteiger charge is 2.31. The Bertz CT molecular complexity index is 775. The first-order valence-corrected chi connectivity index (χ1v) is 10.2. The summed E-state index contributed by atoms with van der Waals surface area (Å²) in [6.45, 7) is 3.46. The molecule has 9 heteroatoms. The maximum atomic E-state index is 13.3. The lowest BCUT2D eigenvalue weighted by Crippen LogP contribution is -2.51. The summed E-state index contributed by atoms with van der Waals surface area (Å²) in [4.78, 5) is 13.7. The molecule has 1 unspecified atom stereocenters. The zero-order chi connectivity index (χ0) is 18.9. The number of carbonyl (C=O) groups is 1. The molecular weight excluding hydrogens is 364 g/mol. The van der Waals surface area contributed by atoms with Gasteiger partial charge in [-0.15, -0.1) is 0 Å². The number of hydrogen-bond acceptors (Lipinski definition) is 4. The van der Waals surface area contributed by atoms with Crippen LogP contribution >= 0.6 is 0 Å². The molecule has 2 aliphatic rings. The summed E-state index contributed by atoms with van der Waals surface area (Å²) in [7, 11) is -3.88. The monoisotopic (exact) mass is 387 g/mol. The number of piperazine rings is 1. The fourth-order valence-corrected chi connectivity index (χ4v) is 4.57. The summed E-state index contributed by atoms with van der Waals surface area (Å²) < 4.78 is 52.7. The van der Waals surface area contributed by atoms with Crippen molar-refractivity contribution in [1.82, 2.24) is 14.5 Å². The number of nitrogens with zero attached hydrogens (tertiary/aromatic N) is 2. The molecule has 1 atom stereocenters. The van der Waals surface area contributed by atoms with Gasteiger partial charge in [0.25, 0.3) is 0 Å². The Balaban J connectivity index is 1.53. The highest BCUT2D eigenvalue weighted by atomic mass is 32.2. The molecule has 1 aliphatic heterocycles. The average molecular weight is 387 g/mol. The van der Waals surface area contributed by atoms with Crippen molar-refractivity contribution in [3.8, 4) is 0 Å². The molecule has 3 rings (SSSR count). The molecule has 1 amide bonds. The lowest BCUT2D eigenvalue weighted by molar-refractivity contribution is -0.123. The molecule has 1 saturated carbocycles. The largest absolute Gasteiger partial charge is 0.352 e. The van der Waals surface area contributed by atoms with E-state index >= 15 is 0 Å². The van der Waals surface area contributed by atoms with Crippen LogP contribution < -0.4 is 5.32 Å². The number of amides is 1. The summed E-state index contributed by atoms with van der Waals surface area (Å²) in [6.07, 6.45) is 2.31. The molecule has 26 heavy (non-hydrogen) atoms. The first-order chi connectivity index (χ1) is 12.3. The van der Waals surface area contributed by atoms with Gasteiger partial charge in [0.05, 0.1) is 11.4 Å². The predicted octanol–water partition coefficient (Wildman–Crippen LogP) is 1.19. The lowest BCUT2D eigenvalue weighted by atomic mass is 10.2. The molecule has 1 aromatic rings. The van der Waals surface area contributed by atoms with E-state index in [1.165, 1.54) is 4.31 Å². The molecule has 2 fully saturated rings. The van der Waals surface area contributed by atoms with Crippen LogP contribution in [-0.2, 0) is 14.8 Å². The molecule has 0 aromatic heterocycles. The number of rotatable bonds is 6. The summed E-state index contributed by atoms with van der Waals surface area (Å²) in [5.74, 6) is -1.75. The minimum atomic E-state index is -3.88. The van der Waals surface area contributed by atoms with Crippen LogP contribution in [0, 0.1) is 17.6 Å². The Labute approximate surface area is 152 Å². The highest BCUT2D eigenvalue weighted by Crippen LogP contribution is 2.32. The summed E-state index contributed by atoms with van der Waals surface area (Å²) >= 11 is 0. The standard InChI is InChI=1S/C17H23F2N3O3S/c1-12(13-2-3-13)20-17(23)11-21-6-8-22(9-7-21)26(24,25)14-4-5-15(18)16(19)10-14/h4-5,10,12-13H,2-3,6-9,11H2,1H3,(H,20,23). The fraction of sp³-hybridized carbons (Fsp3) is 0.588. The van der Waals surface area contributed by atoms with E-state index in [4.69, 9.17) is 0 Å². The molecule has 0 bridgehead atoms. The summed E-state index contributed by atoms with van der Waals surface area (Å²) in [5.41, 5.74) is 0. The van der Waals surface area contributed by atoms with Gasteiger partial charge in [-0.25, -0.2) is 17.2 Å². The first-order valence-electron chi connectivity index (χ1n) is 8.74. The van der Waals surface area contributed by atoms with Gasteiger partial charge >= 0.3 is 0 Å². The molecule has 6 nitrogen and oxygen atoms in total. The third kappa shape index (κ3) is 4.39. The smallest absolute Gasteiger partial charge is 0.243 e. The predicted molar refractivity (Wildman–Crippen MR) is 91.9 cm³/mol. The Hall–Kier alpha value is -1.58. The Morgan fingerprint density at radius 2 is 1.85 bits per heavy atom. The second-order valence-corrected chi connectivity index (χ2v) is 8.89. The second kappa shape index (κ2) is 7.58. The van der Waals surface area contributed by atoms with Crippen LogP contribution in [0.3, 0.4) is 0 Å². The normalized spacial score (nSPS) is 20.7. The van der Waals surface area contributed by atoms with Gasteiger partial charge in [0, 0.05) is 32.2 Å². The number of nitrogens with one attached hydrogen (secondary N) is 1. The average Bonchev–Trinajstić information content (AvgIpc) is 3.42. The van der Waals surface area contributed by atoms with E-state index in [1.807, 2.05) is 11.8 Å². The zero-order valence-electron chi connectivity index (χ0n) is 14.6. The molecule has 1 aliphatic carbocycles. The van der Waals surface area contributed by atoms with Gasteiger partial charge < -0.3 is 5.32 Å². The summed E-state index contributed by atoms with van der Waals surface area (Å²) in [5, 5.41) is 2.98. The maximum absolute atomic E-state index is 13.3. The van der Waals surface area contributed by atoms with Gasteiger partial charge in [-0.05, 0) is 43.9 Å². The van der Waals surface area contributed by atoms with Crippen molar-refractivity contribution in [2.45, 2.75) is 30.7 Å². The molecule has 1 saturated heterocycles. The third-order valence-corrected chi connectivity index (χ3v) is 6.84. The van der Waals surface area contributed by atoms with Crippen LogP contribution in [0.5, 0.6) is 0 Å². The van der Waals surface area contributed by atoms with Gasteiger partial charge in [-0.3, -0.25) is 9.69 Å². The Morgan fingerprint density at radius 3 is 2.42 bits per heavy atom. The number of halogens is 2. The topological polar surface area (TPSA) is 69.7 Å². The van der Waals surface area contributed by atoms with Crippen molar-refractivity contribution in [1.29, 1.82) is 0 Å². The van der Waals surface area contributed by atoms with E-state index in [0.29, 0.717) is 25.1 Å². The number of benzene rings is 1. The molecule has 0 spiro atoms. The van der Waals surface area contributed by atoms with Crippen molar-refractivity contribution in [2.75, 3.05) is 32.7 Å². The van der Waals surface area contributed by atoms with Gasteiger partial charge in [0.1, 0.15) is 0 Å². The highest BCUT2D eigenvalue weighted by molar-refractivity contribution is 7.89. The van der Waals surface area contributed by atoms with Crippen LogP contribution in [0.2, 0.25) is 0 Å². The third-order valence-electron chi connectivity index (χ3n) is 4.95. The SMILES string of the molecule is CC(NC(=O)CN1CCN(S(=O)(=O)c2ccc(F)c(F)c2)CC1)C1CC1. The molecule has 144 valence electrons. The van der Waals surface area contributed by atoms with E-state index in [1.54, 1.807) is 0 Å². The molecular formula is C17H23F2N3O3S. The summed E-state index contributed by atoms with van der Waals surface area (Å²) in [6, 6.07) is 2.75. The number of sulfonamides is 1. The van der Waals surface area contributed by atoms with Gasteiger partial charge in [-0.1, -0.05) is 0 Å². The van der Waals surface area contributed by atoms with Crippen LogP contribution in [0.15, 0.2) is 23.1 Å². The van der Waals surface area contributed by atoms with E-state index in [2.05, 4.69) is 5.32 Å². The quantitative estimate of drug-likeness (QED) is 0.796. The zero-order valence-corrected chi connectivity index (χ0v) is 15.4. The molecule has 1 N–H and O–H groups in total. The van der Waals surface area contributed by atoms with Crippen LogP contribution in [0.25, 0.3) is 0 Å². The number of hydrogen-bond donors (Lipinski definition) is 1. The van der Waals surface area contributed by atoms with Crippen LogP contribution in [0.1, 0.15) is 19.8 Å². The van der Waals surface area contributed by atoms with E-state index in [0.717, 1.165) is 25.0 Å². The minimum Gasteiger partial charge on any atom is -0.352 e. The van der Waals surface area contributed by atoms with Crippen molar-refractivity contribution >= 4 is 15.9 Å². The van der Waals surface area contributed by atoms with Gasteiger partial charge in [0.2, 0.25) is 15.9 Å². The van der Waals surface area contributed by atoms with Crippen molar-refractivity contribution in [2.24, 2.45) is 5.92 Å². The van der Waals surface area contributed by atoms with Gasteiger partial charge in [0.15, 0.2) is 11.6 Å². The number of carbonyl (C=O) groups excluding carboxylic acids is 1. The molecule has 1 aromatic carbocycles. The van der Waals surface area contributed by atoms with Crippen molar-refractivity contribution in [3.05, 3.63) is 29.8 Å². The fourth-order valence-electron chi connectivity index (χ4n) is 3.13. The Morgan fingerprint density at radius 1 is 1.19 bits per heavy atom. The van der Waals surface area contributed by atoms with Crippen molar-refractivity contribution in [3.63, 3.8) is 0 Å². The van der Waals surface area contributed by atoms with E-state index in [9.17, 15) is 22.0 Å². The van der Waals surface area contributed by atoms with Crippen molar-refractivity contribution < 1.29 is 22.0 Å². The minimum absolute atomic E-state index is 0.0543. The lowest BCUT2D eigenvalue weighted by Gasteiger charge is -2.33. The molecule has 1 heterocycles. The van der Waals surface area contributed by atoms with Crippen LogP contribution in [-0.4, -0.2) is 62.3 Å².